The van der Waals surface area contributed by atoms with E-state index < -0.39 is 23.6 Å². The van der Waals surface area contributed by atoms with Gasteiger partial charge in [-0.15, -0.1) is 0 Å². The SMILES string of the molecule is CC(=O)C(=O)N(C)OC1(O)c2cc(Br)ccc2COC1c1ccc(O)cc1. The van der Waals surface area contributed by atoms with Gasteiger partial charge in [-0.1, -0.05) is 34.1 Å². The Bertz CT molecular complexity index is 884. The van der Waals surface area contributed by atoms with E-state index in [1.54, 1.807) is 30.3 Å². The Labute approximate surface area is 164 Å². The number of phenolic OH excluding ortho intramolecular Hbond substituents is 1. The molecule has 7 nitrogen and oxygen atoms in total. The lowest BCUT2D eigenvalue weighted by Gasteiger charge is -2.42. The van der Waals surface area contributed by atoms with Crippen molar-refractivity contribution in [2.75, 3.05) is 7.05 Å². The summed E-state index contributed by atoms with van der Waals surface area (Å²) in [5, 5.41) is 21.7. The minimum atomic E-state index is -2.08. The van der Waals surface area contributed by atoms with E-state index in [-0.39, 0.29) is 12.4 Å². The van der Waals surface area contributed by atoms with Crippen LogP contribution in [0.5, 0.6) is 5.75 Å². The number of rotatable bonds is 4. The fourth-order valence-electron chi connectivity index (χ4n) is 2.98. The molecule has 142 valence electrons. The van der Waals surface area contributed by atoms with Crippen LogP contribution < -0.4 is 0 Å². The van der Waals surface area contributed by atoms with Gasteiger partial charge in [-0.3, -0.25) is 9.59 Å². The Balaban J connectivity index is 2.09. The van der Waals surface area contributed by atoms with Gasteiger partial charge in [0.05, 0.1) is 6.61 Å². The molecule has 1 aliphatic heterocycles. The van der Waals surface area contributed by atoms with E-state index in [2.05, 4.69) is 15.9 Å². The summed E-state index contributed by atoms with van der Waals surface area (Å²) in [6.45, 7) is 1.33. The van der Waals surface area contributed by atoms with Gasteiger partial charge < -0.3 is 14.9 Å². The average molecular weight is 436 g/mol. The number of fused-ring (bicyclic) bond motifs is 1. The first-order chi connectivity index (χ1) is 12.7. The zero-order valence-corrected chi connectivity index (χ0v) is 16.3. The number of benzene rings is 2. The lowest BCUT2D eigenvalue weighted by atomic mass is 9.89. The Hall–Kier alpha value is -2.26. The number of carbonyl (C=O) groups excluding carboxylic acids is 2. The molecular formula is C19H18BrNO6. The number of phenols is 1. The molecule has 2 atom stereocenters. The maximum Gasteiger partial charge on any atom is 0.313 e. The maximum absolute atomic E-state index is 12.0. The highest BCUT2D eigenvalue weighted by Crippen LogP contribution is 2.46. The van der Waals surface area contributed by atoms with Gasteiger partial charge in [0.1, 0.15) is 11.9 Å². The summed E-state index contributed by atoms with van der Waals surface area (Å²) in [6, 6.07) is 11.3. The molecule has 0 aliphatic carbocycles. The zero-order chi connectivity index (χ0) is 19.8. The number of ketones is 1. The van der Waals surface area contributed by atoms with Crippen LogP contribution in [0.1, 0.15) is 29.7 Å². The average Bonchev–Trinajstić information content (AvgIpc) is 2.62. The quantitative estimate of drug-likeness (QED) is 0.435. The first-order valence-electron chi connectivity index (χ1n) is 8.12. The van der Waals surface area contributed by atoms with E-state index in [4.69, 9.17) is 9.57 Å². The summed E-state index contributed by atoms with van der Waals surface area (Å²) in [5.74, 6) is -3.65. The van der Waals surface area contributed by atoms with Crippen LogP contribution in [0.15, 0.2) is 46.9 Å². The van der Waals surface area contributed by atoms with Crippen LogP contribution in [0.4, 0.5) is 0 Å². The van der Waals surface area contributed by atoms with Crippen LogP contribution in [0.3, 0.4) is 0 Å². The monoisotopic (exact) mass is 435 g/mol. The second-order valence-electron chi connectivity index (χ2n) is 6.23. The summed E-state index contributed by atoms with van der Waals surface area (Å²) >= 11 is 3.37. The number of hydrogen-bond acceptors (Lipinski definition) is 6. The van der Waals surface area contributed by atoms with E-state index in [0.29, 0.717) is 26.2 Å². The number of Topliss-reactive ketones (excluding diaryl/α,β-unsaturated/α-hetero) is 1. The first-order valence-corrected chi connectivity index (χ1v) is 8.91. The summed E-state index contributed by atoms with van der Waals surface area (Å²) in [7, 11) is 1.25. The van der Waals surface area contributed by atoms with Crippen LogP contribution in [-0.2, 0) is 31.6 Å². The summed E-state index contributed by atoms with van der Waals surface area (Å²) < 4.78 is 6.54. The molecule has 2 aromatic rings. The fourth-order valence-corrected chi connectivity index (χ4v) is 3.34. The maximum atomic E-state index is 12.0. The standard InChI is InChI=1S/C19H18BrNO6/c1-11(22)18(24)21(2)27-19(25)16-9-14(20)6-3-13(16)10-26-17(19)12-4-7-15(23)8-5-12/h3-9,17,23,25H,10H2,1-2H3. The highest BCUT2D eigenvalue weighted by Gasteiger charge is 2.49. The van der Waals surface area contributed by atoms with Crippen molar-refractivity contribution in [2.24, 2.45) is 0 Å². The molecule has 0 radical (unpaired) electrons. The Morgan fingerprint density at radius 2 is 1.93 bits per heavy atom. The smallest absolute Gasteiger partial charge is 0.313 e. The highest BCUT2D eigenvalue weighted by molar-refractivity contribution is 9.10. The molecule has 0 saturated heterocycles. The highest BCUT2D eigenvalue weighted by atomic mass is 79.9. The number of hydroxylamine groups is 2. The molecule has 2 unspecified atom stereocenters. The fraction of sp³-hybridized carbons (Fsp3) is 0.263. The van der Waals surface area contributed by atoms with Crippen LogP contribution in [0.2, 0.25) is 0 Å². The predicted octanol–water partition coefficient (Wildman–Crippen LogP) is 2.55. The van der Waals surface area contributed by atoms with Crippen molar-refractivity contribution in [1.82, 2.24) is 5.06 Å². The molecule has 2 N–H and O–H groups in total. The van der Waals surface area contributed by atoms with Crippen LogP contribution >= 0.6 is 15.9 Å². The third-order valence-electron chi connectivity index (χ3n) is 4.28. The molecule has 0 spiro atoms. The predicted molar refractivity (Wildman–Crippen MR) is 98.2 cm³/mol. The van der Waals surface area contributed by atoms with E-state index in [1.807, 2.05) is 0 Å². The van der Waals surface area contributed by atoms with Gasteiger partial charge in [0.2, 0.25) is 11.6 Å². The zero-order valence-electron chi connectivity index (χ0n) is 14.7. The van der Waals surface area contributed by atoms with Crippen molar-refractivity contribution in [2.45, 2.75) is 25.4 Å². The molecule has 3 rings (SSSR count). The lowest BCUT2D eigenvalue weighted by molar-refractivity contribution is -0.364. The molecule has 27 heavy (non-hydrogen) atoms. The van der Waals surface area contributed by atoms with Crippen molar-refractivity contribution < 1.29 is 29.4 Å². The van der Waals surface area contributed by atoms with Gasteiger partial charge in [0, 0.05) is 24.0 Å². The van der Waals surface area contributed by atoms with Gasteiger partial charge in [-0.05, 0) is 35.4 Å². The number of nitrogens with zero attached hydrogens (tertiary/aromatic N) is 1. The number of ether oxygens (including phenoxy) is 1. The second-order valence-corrected chi connectivity index (χ2v) is 7.15. The molecule has 0 saturated carbocycles. The molecule has 1 amide bonds. The van der Waals surface area contributed by atoms with Crippen molar-refractivity contribution in [3.63, 3.8) is 0 Å². The van der Waals surface area contributed by atoms with E-state index in [0.717, 1.165) is 6.92 Å². The van der Waals surface area contributed by atoms with E-state index in [1.165, 1.54) is 19.2 Å². The summed E-state index contributed by atoms with van der Waals surface area (Å²) in [6.07, 6.45) is -0.998. The molecule has 1 aliphatic rings. The summed E-state index contributed by atoms with van der Waals surface area (Å²) in [5.41, 5.74) is 1.62. The first kappa shape index (κ1) is 19.5. The van der Waals surface area contributed by atoms with E-state index in [9.17, 15) is 19.8 Å². The van der Waals surface area contributed by atoms with Gasteiger partial charge in [0.25, 0.3) is 0 Å². The van der Waals surface area contributed by atoms with Crippen LogP contribution in [0, 0.1) is 0 Å². The van der Waals surface area contributed by atoms with Gasteiger partial charge >= 0.3 is 5.91 Å². The minimum Gasteiger partial charge on any atom is -0.508 e. The van der Waals surface area contributed by atoms with Crippen molar-refractivity contribution >= 4 is 27.6 Å². The van der Waals surface area contributed by atoms with Crippen LogP contribution in [-0.4, -0.2) is 34.0 Å². The molecule has 1 heterocycles. The van der Waals surface area contributed by atoms with Crippen molar-refractivity contribution in [1.29, 1.82) is 0 Å². The molecule has 2 aromatic carbocycles. The van der Waals surface area contributed by atoms with Gasteiger partial charge in [0.15, 0.2) is 0 Å². The lowest BCUT2D eigenvalue weighted by Crippen LogP contribution is -2.48. The number of aromatic hydroxyl groups is 1. The van der Waals surface area contributed by atoms with E-state index >= 15 is 0 Å². The minimum absolute atomic E-state index is 0.0611. The van der Waals surface area contributed by atoms with Gasteiger partial charge in [-0.2, -0.15) is 0 Å². The molecule has 8 heteroatoms. The Morgan fingerprint density at radius 3 is 2.56 bits per heavy atom. The number of hydrogen-bond donors (Lipinski definition) is 2. The summed E-state index contributed by atoms with van der Waals surface area (Å²) in [4.78, 5) is 29.0. The Kier molecular flexibility index (Phi) is 5.34. The number of carbonyl (C=O) groups is 2. The Morgan fingerprint density at radius 1 is 1.26 bits per heavy atom. The molecule has 0 aromatic heterocycles. The second kappa shape index (κ2) is 7.40. The topological polar surface area (TPSA) is 96.3 Å². The van der Waals surface area contributed by atoms with Crippen molar-refractivity contribution in [3.05, 3.63) is 63.6 Å². The third kappa shape index (κ3) is 3.74. The number of halogens is 1. The number of amides is 1. The van der Waals surface area contributed by atoms with Gasteiger partial charge in [-0.25, -0.2) is 9.90 Å². The largest absolute Gasteiger partial charge is 0.508 e. The molecule has 0 bridgehead atoms. The molecule has 0 fully saturated rings. The number of likely N-dealkylation sites (N-methyl/N-ethyl adjacent to an activating group) is 1. The van der Waals surface area contributed by atoms with Crippen molar-refractivity contribution in [3.8, 4) is 5.75 Å². The third-order valence-corrected chi connectivity index (χ3v) is 4.77. The normalized spacial score (nSPS) is 21.4. The number of aliphatic hydroxyl groups is 1. The molecular weight excluding hydrogens is 418 g/mol. The van der Waals surface area contributed by atoms with Crippen LogP contribution in [0.25, 0.3) is 0 Å².